The Morgan fingerprint density at radius 1 is 0.450 bits per heavy atom. The molecule has 0 atom stereocenters. The third kappa shape index (κ3) is 1490. The molecule has 0 aromatic rings. The summed E-state index contributed by atoms with van der Waals surface area (Å²) in [5.74, 6) is 0. The van der Waals surface area contributed by atoms with Gasteiger partial charge in [-0.3, -0.25) is 0 Å². The van der Waals surface area contributed by atoms with E-state index >= 15 is 0 Å². The molecule has 15 nitrogen and oxygen atoms in total. The summed E-state index contributed by atoms with van der Waals surface area (Å²) >= 11 is 0. The molecule has 0 amide bonds. The predicted octanol–water partition coefficient (Wildman–Crippen LogP) is -11.4. The monoisotopic (exact) mass is 388 g/mol. The fraction of sp³-hybridized carbons (Fsp3) is 0. The van der Waals surface area contributed by atoms with Crippen LogP contribution in [0.2, 0.25) is 0 Å². The van der Waals surface area contributed by atoms with Crippen molar-refractivity contribution in [1.29, 1.82) is 0 Å². The van der Waals surface area contributed by atoms with Gasteiger partial charge in [-0.2, -0.15) is 15.6 Å². The largest absolute Gasteiger partial charge is 2.00 e. The van der Waals surface area contributed by atoms with Crippen molar-refractivity contribution in [3.63, 3.8) is 0 Å². The first-order valence-corrected chi connectivity index (χ1v) is 4.38. The molecule has 0 saturated heterocycles. The zero-order chi connectivity index (χ0) is 9.00. The smallest absolute Gasteiger partial charge is 0.822 e. The first kappa shape index (κ1) is 95.7. The molecular formula is H16Mg3NO14P2+. The average Bonchev–Trinajstić information content (AvgIpc) is 1.12. The van der Waals surface area contributed by atoms with Crippen molar-refractivity contribution in [2.75, 3.05) is 0 Å². The van der Waals surface area contributed by atoms with Crippen LogP contribution in [0.1, 0.15) is 0 Å². The topological polar surface area (TPSA) is 398 Å². The number of rotatable bonds is 0. The van der Waals surface area contributed by atoms with Gasteiger partial charge in [0.2, 0.25) is 0 Å². The Bertz CT molecular complexity index is 139. The Balaban J connectivity index is -0.00000000427. The Hall–Kier alpha value is 2.24. The fourth-order valence-electron chi connectivity index (χ4n) is 0. The second-order valence-corrected chi connectivity index (χ2v) is 2.68. The van der Waals surface area contributed by atoms with Crippen molar-refractivity contribution in [2.24, 2.45) is 0 Å². The number of hydrogen-bond acceptors (Lipinski definition) is 8. The molecule has 20 heteroatoms. The van der Waals surface area contributed by atoms with Crippen LogP contribution in [0.3, 0.4) is 0 Å². The van der Waals surface area contributed by atoms with E-state index in [4.69, 9.17) is 38.5 Å². The van der Waals surface area contributed by atoms with E-state index in [1.807, 2.05) is 0 Å². The summed E-state index contributed by atoms with van der Waals surface area (Å²) in [7, 11) is -10.8. The molecule has 0 bridgehead atoms. The van der Waals surface area contributed by atoms with Gasteiger partial charge in [0, 0.05) is 0 Å². The molecule has 0 aliphatic rings. The molecule has 0 aliphatic carbocycles. The first-order chi connectivity index (χ1) is 4.00. The van der Waals surface area contributed by atoms with E-state index in [0.717, 1.165) is 0 Å². The van der Waals surface area contributed by atoms with E-state index in [1.54, 1.807) is 0 Å². The molecule has 0 aromatic heterocycles. The third-order valence-corrected chi connectivity index (χ3v) is 0. The summed E-state index contributed by atoms with van der Waals surface area (Å²) in [4.78, 5) is 51.3. The molecule has 120 valence electrons. The van der Waals surface area contributed by atoms with Crippen LogP contribution in [0.15, 0.2) is 0 Å². The van der Waals surface area contributed by atoms with Gasteiger partial charge in [0.05, 0.1) is 0 Å². The van der Waals surface area contributed by atoms with E-state index in [9.17, 15) is 0 Å². The normalized spacial score (nSPS) is 5.90. The van der Waals surface area contributed by atoms with E-state index in [0.29, 0.717) is 0 Å². The maximum atomic E-state index is 8.55. The molecule has 0 spiro atoms. The van der Waals surface area contributed by atoms with Crippen LogP contribution in [0, 0.1) is 0 Å². The van der Waals surface area contributed by atoms with Crippen molar-refractivity contribution in [3.8, 4) is 0 Å². The molecule has 0 rings (SSSR count). The van der Waals surface area contributed by atoms with E-state index < -0.39 is 15.6 Å². The van der Waals surface area contributed by atoms with Gasteiger partial charge >= 0.3 is 69.2 Å². The molecule has 0 aliphatic heterocycles. The molecule has 0 unspecified atom stereocenters. The van der Waals surface area contributed by atoms with Gasteiger partial charge in [0.15, 0.2) is 0 Å². The number of hydrogen-bond donors (Lipinski definition) is 1. The van der Waals surface area contributed by atoms with Crippen molar-refractivity contribution in [1.82, 2.24) is 6.15 Å². The van der Waals surface area contributed by atoms with E-state index in [-0.39, 0.29) is 108 Å². The van der Waals surface area contributed by atoms with Gasteiger partial charge in [-0.25, -0.2) is 0 Å². The summed E-state index contributed by atoms with van der Waals surface area (Å²) in [6, 6.07) is 0. The molecule has 16 N–H and O–H groups in total. The summed E-state index contributed by atoms with van der Waals surface area (Å²) in [6.07, 6.45) is 0. The maximum Gasteiger partial charge on any atom is 2.00 e. The van der Waals surface area contributed by atoms with Gasteiger partial charge in [0.25, 0.3) is 0 Å². The SMILES string of the molecule is O.O.O.O.O.O.O=P([O-])([O-])[O-].O=P([O-])([O-])[O-].[Mg+2].[Mg+2].[Mg+2].[NH4+]. The second-order valence-electron chi connectivity index (χ2n) is 0.894. The van der Waals surface area contributed by atoms with Gasteiger partial charge in [0.1, 0.15) is 0 Å². The first-order valence-electron chi connectivity index (χ1n) is 1.46. The Morgan fingerprint density at radius 2 is 0.450 bits per heavy atom. The third-order valence-electron chi connectivity index (χ3n) is 0. The van der Waals surface area contributed by atoms with Crippen LogP contribution in [-0.2, 0) is 9.13 Å². The predicted molar refractivity (Wildman–Crippen MR) is 60.1 cm³/mol. The van der Waals surface area contributed by atoms with Crippen LogP contribution >= 0.6 is 15.6 Å². The van der Waals surface area contributed by atoms with E-state index in [2.05, 4.69) is 0 Å². The van der Waals surface area contributed by atoms with Crippen LogP contribution in [-0.4, -0.2) is 102 Å². The summed E-state index contributed by atoms with van der Waals surface area (Å²) in [5.41, 5.74) is 0. The minimum absolute atomic E-state index is 0. The van der Waals surface area contributed by atoms with Crippen molar-refractivity contribution < 1.29 is 71.3 Å². The Kier molecular flexibility index (Phi) is 205. The van der Waals surface area contributed by atoms with Gasteiger partial charge < -0.3 is 77.5 Å². The Labute approximate surface area is 161 Å². The van der Waals surface area contributed by atoms with Gasteiger partial charge in [-0.15, -0.1) is 0 Å². The molecule has 0 fully saturated rings. The molecular weight excluding hydrogens is 373 g/mol. The molecule has 0 heterocycles. The minimum atomic E-state index is -5.39. The van der Waals surface area contributed by atoms with Crippen LogP contribution in [0.25, 0.3) is 0 Å². The summed E-state index contributed by atoms with van der Waals surface area (Å²) < 4.78 is 17.1. The zero-order valence-electron chi connectivity index (χ0n) is 10.3. The van der Waals surface area contributed by atoms with Crippen LogP contribution in [0.4, 0.5) is 0 Å². The van der Waals surface area contributed by atoms with Crippen LogP contribution < -0.4 is 35.5 Å². The summed E-state index contributed by atoms with van der Waals surface area (Å²) in [6.45, 7) is 0. The molecule has 0 radical (unpaired) electrons. The van der Waals surface area contributed by atoms with Gasteiger partial charge in [-0.1, -0.05) is 0 Å². The summed E-state index contributed by atoms with van der Waals surface area (Å²) in [5, 5.41) is 0. The minimum Gasteiger partial charge on any atom is -0.822 e. The average molecular weight is 389 g/mol. The van der Waals surface area contributed by atoms with Gasteiger partial charge in [-0.05, 0) is 0 Å². The molecule has 0 aromatic carbocycles. The Morgan fingerprint density at radius 3 is 0.450 bits per heavy atom. The standard InChI is InChI=1S/3Mg.H3N.2H3O4P.6H2O/c;;;;2*1-5(2,3)4;;;;;;/h;;;1H3;2*(H3,1,2,3,4);6*1H2/q3*+2;;;;;;;;;/p-5. The fourth-order valence-corrected chi connectivity index (χ4v) is 0. The quantitative estimate of drug-likeness (QED) is 0.305. The van der Waals surface area contributed by atoms with E-state index in [1.165, 1.54) is 0 Å². The van der Waals surface area contributed by atoms with Crippen LogP contribution in [0.5, 0.6) is 0 Å². The van der Waals surface area contributed by atoms with Crippen molar-refractivity contribution >= 4 is 84.8 Å². The van der Waals surface area contributed by atoms with Crippen molar-refractivity contribution in [2.45, 2.75) is 0 Å². The second kappa shape index (κ2) is 42.9. The molecule has 0 saturated carbocycles. The number of quaternary nitrogens is 1. The number of phosphoric acid groups is 2. The zero-order valence-corrected chi connectivity index (χ0v) is 16.3. The maximum absolute atomic E-state index is 8.55. The van der Waals surface area contributed by atoms with Crippen molar-refractivity contribution in [3.05, 3.63) is 0 Å². The molecule has 20 heavy (non-hydrogen) atoms.